The van der Waals surface area contributed by atoms with Gasteiger partial charge in [-0.05, 0) is 24.6 Å². The van der Waals surface area contributed by atoms with Gasteiger partial charge in [0, 0.05) is 22.9 Å². The fourth-order valence-corrected chi connectivity index (χ4v) is 3.02. The van der Waals surface area contributed by atoms with Crippen molar-refractivity contribution in [1.29, 1.82) is 0 Å². The lowest BCUT2D eigenvalue weighted by atomic mass is 10.1. The molecule has 3 aromatic rings. The number of nitrogens with one attached hydrogen (secondary N) is 2. The first-order valence-electron chi connectivity index (χ1n) is 7.68. The Morgan fingerprint density at radius 2 is 2.04 bits per heavy atom. The predicted molar refractivity (Wildman–Crippen MR) is 98.2 cm³/mol. The van der Waals surface area contributed by atoms with E-state index < -0.39 is 10.8 Å². The number of thioether (sulfide) groups is 1. The van der Waals surface area contributed by atoms with Gasteiger partial charge in [-0.1, -0.05) is 42.1 Å². The van der Waals surface area contributed by atoms with E-state index in [4.69, 9.17) is 0 Å². The van der Waals surface area contributed by atoms with E-state index in [1.165, 1.54) is 30.0 Å². The summed E-state index contributed by atoms with van der Waals surface area (Å²) in [6, 6.07) is 14.1. The number of nitro groups is 1. The Hall–Kier alpha value is -3.20. The van der Waals surface area contributed by atoms with Gasteiger partial charge in [0.1, 0.15) is 0 Å². The molecule has 0 radical (unpaired) electrons. The minimum Gasteiger partial charge on any atom is -0.291 e. The molecule has 1 aromatic heterocycles. The van der Waals surface area contributed by atoms with Gasteiger partial charge in [-0.3, -0.25) is 20.2 Å². The molecule has 0 bridgehead atoms. The molecule has 1 heterocycles. The number of benzene rings is 2. The van der Waals surface area contributed by atoms with E-state index in [1.54, 1.807) is 6.92 Å². The van der Waals surface area contributed by atoms with E-state index in [9.17, 15) is 14.9 Å². The molecule has 0 atom stereocenters. The molecule has 26 heavy (non-hydrogen) atoms. The maximum atomic E-state index is 12.3. The number of anilines is 1. The Bertz CT molecular complexity index is 943. The third-order valence-corrected chi connectivity index (χ3v) is 4.48. The molecule has 0 fully saturated rings. The standard InChI is InChI=1S/C17H15N5O3S/c1-11-9-13(7-8-14(11)22(24)25)15(23)18-16-19-17(21-20-16)26-10-12-5-3-2-4-6-12/h2-9H,10H2,1H3,(H2,18,19,20,21,23). The Kier molecular flexibility index (Phi) is 5.28. The van der Waals surface area contributed by atoms with Gasteiger partial charge in [0.05, 0.1) is 4.92 Å². The Morgan fingerprint density at radius 3 is 2.73 bits per heavy atom. The van der Waals surface area contributed by atoms with Gasteiger partial charge < -0.3 is 0 Å². The lowest BCUT2D eigenvalue weighted by Crippen LogP contribution is -2.13. The van der Waals surface area contributed by atoms with Crippen molar-refractivity contribution in [3.63, 3.8) is 0 Å². The van der Waals surface area contributed by atoms with E-state index in [-0.39, 0.29) is 11.6 Å². The SMILES string of the molecule is Cc1cc(C(=O)Nc2nc(SCc3ccccc3)n[nH]2)ccc1[N+](=O)[O-]. The van der Waals surface area contributed by atoms with Gasteiger partial charge in [-0.15, -0.1) is 5.10 Å². The normalized spacial score (nSPS) is 10.5. The minimum atomic E-state index is -0.482. The first-order valence-corrected chi connectivity index (χ1v) is 8.67. The van der Waals surface area contributed by atoms with Crippen LogP contribution in [0.2, 0.25) is 0 Å². The highest BCUT2D eigenvalue weighted by molar-refractivity contribution is 7.98. The fourth-order valence-electron chi connectivity index (χ4n) is 2.27. The summed E-state index contributed by atoms with van der Waals surface area (Å²) < 4.78 is 0. The van der Waals surface area contributed by atoms with E-state index in [2.05, 4.69) is 20.5 Å². The van der Waals surface area contributed by atoms with Crippen molar-refractivity contribution >= 4 is 29.3 Å². The first kappa shape index (κ1) is 17.6. The van der Waals surface area contributed by atoms with Crippen LogP contribution in [0.4, 0.5) is 11.6 Å². The lowest BCUT2D eigenvalue weighted by molar-refractivity contribution is -0.385. The molecule has 132 valence electrons. The highest BCUT2D eigenvalue weighted by atomic mass is 32.2. The van der Waals surface area contributed by atoms with Crippen LogP contribution in [0.1, 0.15) is 21.5 Å². The molecular weight excluding hydrogens is 354 g/mol. The van der Waals surface area contributed by atoms with Gasteiger partial charge >= 0.3 is 0 Å². The van der Waals surface area contributed by atoms with Crippen LogP contribution in [0.15, 0.2) is 53.7 Å². The molecular formula is C17H15N5O3S. The van der Waals surface area contributed by atoms with Crippen molar-refractivity contribution in [2.45, 2.75) is 17.8 Å². The van der Waals surface area contributed by atoms with Crippen LogP contribution in [-0.2, 0) is 5.75 Å². The zero-order chi connectivity index (χ0) is 18.5. The second kappa shape index (κ2) is 7.79. The van der Waals surface area contributed by atoms with Gasteiger partial charge in [-0.25, -0.2) is 5.10 Å². The van der Waals surface area contributed by atoms with E-state index >= 15 is 0 Å². The zero-order valence-electron chi connectivity index (χ0n) is 13.8. The molecule has 9 heteroatoms. The van der Waals surface area contributed by atoms with E-state index in [0.29, 0.717) is 22.0 Å². The number of carbonyl (C=O) groups is 1. The monoisotopic (exact) mass is 369 g/mol. The largest absolute Gasteiger partial charge is 0.291 e. The summed E-state index contributed by atoms with van der Waals surface area (Å²) in [7, 11) is 0. The molecule has 0 aliphatic heterocycles. The van der Waals surface area contributed by atoms with Crippen LogP contribution in [0.25, 0.3) is 0 Å². The Labute approximate surface area is 153 Å². The summed E-state index contributed by atoms with van der Waals surface area (Å²) in [6.45, 7) is 1.59. The fraction of sp³-hybridized carbons (Fsp3) is 0.118. The van der Waals surface area contributed by atoms with Crippen molar-refractivity contribution < 1.29 is 9.72 Å². The number of aryl methyl sites for hydroxylation is 1. The first-order chi connectivity index (χ1) is 12.5. The van der Waals surface area contributed by atoms with Crippen LogP contribution < -0.4 is 5.32 Å². The average Bonchev–Trinajstić information content (AvgIpc) is 3.08. The molecule has 3 rings (SSSR count). The van der Waals surface area contributed by atoms with Crippen molar-refractivity contribution in [2.75, 3.05) is 5.32 Å². The molecule has 2 N–H and O–H groups in total. The van der Waals surface area contributed by atoms with Crippen LogP contribution in [0.3, 0.4) is 0 Å². The van der Waals surface area contributed by atoms with Crippen LogP contribution in [0.5, 0.6) is 0 Å². The van der Waals surface area contributed by atoms with Crippen molar-refractivity contribution in [2.24, 2.45) is 0 Å². The topological polar surface area (TPSA) is 114 Å². The summed E-state index contributed by atoms with van der Waals surface area (Å²) >= 11 is 1.45. The number of H-pyrrole nitrogens is 1. The number of hydrogen-bond donors (Lipinski definition) is 2. The van der Waals surface area contributed by atoms with Gasteiger partial charge in [0.25, 0.3) is 11.6 Å². The summed E-state index contributed by atoms with van der Waals surface area (Å²) in [6.07, 6.45) is 0. The maximum Gasteiger partial charge on any atom is 0.272 e. The molecule has 0 spiro atoms. The molecule has 0 unspecified atom stereocenters. The number of amides is 1. The van der Waals surface area contributed by atoms with Crippen LogP contribution in [-0.4, -0.2) is 26.0 Å². The maximum absolute atomic E-state index is 12.3. The highest BCUT2D eigenvalue weighted by Gasteiger charge is 2.15. The second-order valence-corrected chi connectivity index (χ2v) is 6.40. The number of nitro benzene ring substituents is 1. The number of carbonyl (C=O) groups excluding carboxylic acids is 1. The minimum absolute atomic E-state index is 0.0270. The molecule has 0 aliphatic rings. The average molecular weight is 369 g/mol. The summed E-state index contributed by atoms with van der Waals surface area (Å²) in [4.78, 5) is 26.8. The molecule has 8 nitrogen and oxygen atoms in total. The molecule has 0 saturated heterocycles. The molecule has 2 aromatic carbocycles. The zero-order valence-corrected chi connectivity index (χ0v) is 14.6. The second-order valence-electron chi connectivity index (χ2n) is 5.45. The van der Waals surface area contributed by atoms with Crippen molar-refractivity contribution in [3.8, 4) is 0 Å². The quantitative estimate of drug-likeness (QED) is 0.390. The van der Waals surface area contributed by atoms with Gasteiger partial charge in [0.2, 0.25) is 11.1 Å². The summed E-state index contributed by atoms with van der Waals surface area (Å²) in [5, 5.41) is 20.7. The van der Waals surface area contributed by atoms with Crippen molar-refractivity contribution in [1.82, 2.24) is 15.2 Å². The summed E-state index contributed by atoms with van der Waals surface area (Å²) in [5.41, 5.74) is 1.84. The lowest BCUT2D eigenvalue weighted by Gasteiger charge is -2.03. The molecule has 1 amide bonds. The van der Waals surface area contributed by atoms with E-state index in [0.717, 1.165) is 5.56 Å². The highest BCUT2D eigenvalue weighted by Crippen LogP contribution is 2.21. The Balaban J connectivity index is 1.62. The Morgan fingerprint density at radius 1 is 1.27 bits per heavy atom. The van der Waals surface area contributed by atoms with Gasteiger partial charge in [0.15, 0.2) is 0 Å². The summed E-state index contributed by atoms with van der Waals surface area (Å²) in [5.74, 6) is 0.522. The molecule has 0 saturated carbocycles. The van der Waals surface area contributed by atoms with Crippen LogP contribution in [0, 0.1) is 17.0 Å². The third kappa shape index (κ3) is 4.25. The smallest absolute Gasteiger partial charge is 0.272 e. The van der Waals surface area contributed by atoms with Crippen LogP contribution >= 0.6 is 11.8 Å². The molecule has 0 aliphatic carbocycles. The number of nitrogens with zero attached hydrogens (tertiary/aromatic N) is 3. The third-order valence-electron chi connectivity index (χ3n) is 3.56. The number of aromatic nitrogens is 3. The predicted octanol–water partition coefficient (Wildman–Crippen LogP) is 3.57. The van der Waals surface area contributed by atoms with Gasteiger partial charge in [-0.2, -0.15) is 4.98 Å². The number of aromatic amines is 1. The number of rotatable bonds is 6. The van der Waals surface area contributed by atoms with Crippen molar-refractivity contribution in [3.05, 3.63) is 75.3 Å². The van der Waals surface area contributed by atoms with E-state index in [1.807, 2.05) is 30.3 Å². The number of hydrogen-bond acceptors (Lipinski definition) is 6.